The van der Waals surface area contributed by atoms with Crippen LogP contribution in [0.1, 0.15) is 37.9 Å². The van der Waals surface area contributed by atoms with Crippen LogP contribution in [-0.4, -0.2) is 0 Å². The number of aryl methyl sites for hydroxylation is 2. The molecule has 1 aromatic heterocycles. The van der Waals surface area contributed by atoms with E-state index in [-0.39, 0.29) is 0 Å². The standard InChI is InChI=1S/C13H20O/c1-9(2)10(3)6-7-13-8-11(4)12(5)14-13/h6-10H,1-5H3/b7-6+. The van der Waals surface area contributed by atoms with Crippen LogP contribution in [0, 0.1) is 25.7 Å². The molecule has 1 heteroatoms. The van der Waals surface area contributed by atoms with Gasteiger partial charge in [0.1, 0.15) is 11.5 Å². The van der Waals surface area contributed by atoms with Crippen molar-refractivity contribution in [1.82, 2.24) is 0 Å². The summed E-state index contributed by atoms with van der Waals surface area (Å²) in [5.74, 6) is 3.26. The molecule has 0 bridgehead atoms. The van der Waals surface area contributed by atoms with E-state index in [1.54, 1.807) is 0 Å². The smallest absolute Gasteiger partial charge is 0.127 e. The van der Waals surface area contributed by atoms with Crippen molar-refractivity contribution < 1.29 is 4.42 Å². The molecule has 1 rings (SSSR count). The summed E-state index contributed by atoms with van der Waals surface area (Å²) < 4.78 is 5.56. The first-order valence-electron chi connectivity index (χ1n) is 5.26. The molecule has 0 radical (unpaired) electrons. The Morgan fingerprint density at radius 2 is 1.86 bits per heavy atom. The Morgan fingerprint density at radius 1 is 1.21 bits per heavy atom. The minimum Gasteiger partial charge on any atom is -0.462 e. The zero-order chi connectivity index (χ0) is 10.7. The highest BCUT2D eigenvalue weighted by Gasteiger charge is 2.03. The summed E-state index contributed by atoms with van der Waals surface area (Å²) in [7, 11) is 0. The lowest BCUT2D eigenvalue weighted by atomic mass is 9.98. The molecule has 0 aliphatic heterocycles. The van der Waals surface area contributed by atoms with Gasteiger partial charge in [0.2, 0.25) is 0 Å². The van der Waals surface area contributed by atoms with E-state index in [0.29, 0.717) is 11.8 Å². The Hall–Kier alpha value is -0.980. The van der Waals surface area contributed by atoms with Crippen LogP contribution >= 0.6 is 0 Å². The maximum absolute atomic E-state index is 5.56. The molecule has 14 heavy (non-hydrogen) atoms. The molecular weight excluding hydrogens is 172 g/mol. The molecule has 0 aliphatic carbocycles. The number of hydrogen-bond donors (Lipinski definition) is 0. The molecule has 0 saturated carbocycles. The van der Waals surface area contributed by atoms with Gasteiger partial charge in [0.15, 0.2) is 0 Å². The third kappa shape index (κ3) is 2.76. The van der Waals surface area contributed by atoms with Crippen LogP contribution in [-0.2, 0) is 0 Å². The first-order valence-corrected chi connectivity index (χ1v) is 5.26. The molecule has 0 aliphatic rings. The highest BCUT2D eigenvalue weighted by molar-refractivity contribution is 5.45. The largest absolute Gasteiger partial charge is 0.462 e. The third-order valence-corrected chi connectivity index (χ3v) is 2.80. The van der Waals surface area contributed by atoms with Crippen LogP contribution in [0.3, 0.4) is 0 Å². The van der Waals surface area contributed by atoms with Crippen LogP contribution < -0.4 is 0 Å². The predicted molar refractivity (Wildman–Crippen MR) is 61.2 cm³/mol. The Kier molecular flexibility index (Phi) is 3.56. The zero-order valence-corrected chi connectivity index (χ0v) is 9.79. The Morgan fingerprint density at radius 3 is 2.29 bits per heavy atom. The molecule has 1 unspecified atom stereocenters. The van der Waals surface area contributed by atoms with E-state index in [4.69, 9.17) is 4.42 Å². The van der Waals surface area contributed by atoms with Gasteiger partial charge in [-0.3, -0.25) is 0 Å². The molecule has 1 heterocycles. The van der Waals surface area contributed by atoms with Gasteiger partial charge in [-0.2, -0.15) is 0 Å². The second-order valence-corrected chi connectivity index (χ2v) is 4.35. The van der Waals surface area contributed by atoms with Gasteiger partial charge in [0, 0.05) is 0 Å². The van der Waals surface area contributed by atoms with Gasteiger partial charge >= 0.3 is 0 Å². The quantitative estimate of drug-likeness (QED) is 0.699. The van der Waals surface area contributed by atoms with Gasteiger partial charge in [0.25, 0.3) is 0 Å². The summed E-state index contributed by atoms with van der Waals surface area (Å²) in [4.78, 5) is 0. The number of allylic oxidation sites excluding steroid dienone is 1. The lowest BCUT2D eigenvalue weighted by molar-refractivity contribution is 0.501. The molecule has 0 spiro atoms. The molecule has 1 aromatic rings. The Labute approximate surface area is 86.8 Å². The third-order valence-electron chi connectivity index (χ3n) is 2.80. The van der Waals surface area contributed by atoms with Gasteiger partial charge < -0.3 is 4.42 Å². The molecule has 0 N–H and O–H groups in total. The van der Waals surface area contributed by atoms with Crippen molar-refractivity contribution in [1.29, 1.82) is 0 Å². The van der Waals surface area contributed by atoms with Gasteiger partial charge in [-0.15, -0.1) is 0 Å². The summed E-state index contributed by atoms with van der Waals surface area (Å²) in [6, 6.07) is 2.08. The maximum atomic E-state index is 5.56. The van der Waals surface area contributed by atoms with Crippen molar-refractivity contribution in [3.63, 3.8) is 0 Å². The highest BCUT2D eigenvalue weighted by atomic mass is 16.3. The average molecular weight is 192 g/mol. The van der Waals surface area contributed by atoms with E-state index >= 15 is 0 Å². The van der Waals surface area contributed by atoms with Crippen LogP contribution in [0.4, 0.5) is 0 Å². The Balaban J connectivity index is 2.69. The van der Waals surface area contributed by atoms with Gasteiger partial charge in [-0.1, -0.05) is 26.8 Å². The normalized spacial score (nSPS) is 14.1. The highest BCUT2D eigenvalue weighted by Crippen LogP contribution is 2.17. The minimum atomic E-state index is 0.598. The summed E-state index contributed by atoms with van der Waals surface area (Å²) >= 11 is 0. The second-order valence-electron chi connectivity index (χ2n) is 4.35. The topological polar surface area (TPSA) is 13.1 Å². The summed E-state index contributed by atoms with van der Waals surface area (Å²) in [6.07, 6.45) is 4.28. The van der Waals surface area contributed by atoms with Gasteiger partial charge in [0.05, 0.1) is 0 Å². The summed E-state index contributed by atoms with van der Waals surface area (Å²) in [5.41, 5.74) is 1.22. The molecule has 0 aromatic carbocycles. The molecule has 78 valence electrons. The van der Waals surface area contributed by atoms with Crippen molar-refractivity contribution in [2.24, 2.45) is 11.8 Å². The van der Waals surface area contributed by atoms with Crippen molar-refractivity contribution in [3.8, 4) is 0 Å². The SMILES string of the molecule is Cc1cc(/C=C/C(C)C(C)C)oc1C. The summed E-state index contributed by atoms with van der Waals surface area (Å²) in [6.45, 7) is 10.8. The van der Waals surface area contributed by atoms with E-state index in [1.807, 2.05) is 6.92 Å². The van der Waals surface area contributed by atoms with E-state index in [2.05, 4.69) is 45.9 Å². The lowest BCUT2D eigenvalue weighted by Crippen LogP contribution is -1.98. The maximum Gasteiger partial charge on any atom is 0.127 e. The fraction of sp³-hybridized carbons (Fsp3) is 0.538. The zero-order valence-electron chi connectivity index (χ0n) is 9.79. The molecular formula is C13H20O. The van der Waals surface area contributed by atoms with Crippen molar-refractivity contribution in [2.75, 3.05) is 0 Å². The first-order chi connectivity index (χ1) is 6.50. The van der Waals surface area contributed by atoms with Crippen LogP contribution in [0.15, 0.2) is 16.6 Å². The number of hydrogen-bond acceptors (Lipinski definition) is 1. The Bertz CT molecular complexity index is 298. The van der Waals surface area contributed by atoms with Crippen molar-refractivity contribution in [3.05, 3.63) is 29.2 Å². The fourth-order valence-corrected chi connectivity index (χ4v) is 1.15. The second kappa shape index (κ2) is 4.50. The van der Waals surface area contributed by atoms with E-state index in [0.717, 1.165) is 11.5 Å². The number of rotatable bonds is 3. The number of furan rings is 1. The van der Waals surface area contributed by atoms with Crippen molar-refractivity contribution in [2.45, 2.75) is 34.6 Å². The monoisotopic (exact) mass is 192 g/mol. The van der Waals surface area contributed by atoms with Crippen LogP contribution in [0.2, 0.25) is 0 Å². The fourth-order valence-electron chi connectivity index (χ4n) is 1.15. The van der Waals surface area contributed by atoms with Gasteiger partial charge in [-0.25, -0.2) is 0 Å². The van der Waals surface area contributed by atoms with Crippen molar-refractivity contribution >= 4 is 6.08 Å². The van der Waals surface area contributed by atoms with E-state index in [1.165, 1.54) is 5.56 Å². The molecule has 0 saturated heterocycles. The molecule has 1 atom stereocenters. The van der Waals surface area contributed by atoms with Crippen LogP contribution in [0.25, 0.3) is 6.08 Å². The molecule has 0 amide bonds. The minimum absolute atomic E-state index is 0.598. The average Bonchev–Trinajstić information content (AvgIpc) is 2.42. The lowest BCUT2D eigenvalue weighted by Gasteiger charge is -2.08. The van der Waals surface area contributed by atoms with Crippen LogP contribution in [0.5, 0.6) is 0 Å². The first kappa shape index (κ1) is 11.1. The predicted octanol–water partition coefficient (Wildman–Crippen LogP) is 4.20. The van der Waals surface area contributed by atoms with E-state index < -0.39 is 0 Å². The van der Waals surface area contributed by atoms with E-state index in [9.17, 15) is 0 Å². The molecule has 1 nitrogen and oxygen atoms in total. The van der Waals surface area contributed by atoms with Gasteiger partial charge in [-0.05, 0) is 43.4 Å². The molecule has 0 fully saturated rings. The summed E-state index contributed by atoms with van der Waals surface area (Å²) in [5, 5.41) is 0.